The van der Waals surface area contributed by atoms with Crippen LogP contribution in [0.1, 0.15) is 112 Å². The molecule has 2 spiro atoms. The molecule has 1 N–H and O–H groups in total. The second-order valence-electron chi connectivity index (χ2n) is 14.0. The standard InChI is InChI=1S/C30H50O/c1-19(2)20(3)8-9-21(4)23-12-14-28(7)26-11-10-24-22(5)25(31)13-15-29(24)18-30(26,29)17-16-27(23,28)6/h19,21-26,31H,3,8-18H2,1-2,4-7H3/t21-,22+,23-,24+,25+,26+,27-,28+,29-,30+/m1/s1. The summed E-state index contributed by atoms with van der Waals surface area (Å²) in [6.45, 7) is 19.4. The summed E-state index contributed by atoms with van der Waals surface area (Å²) in [5, 5.41) is 10.6. The summed E-state index contributed by atoms with van der Waals surface area (Å²) in [6.07, 6.45) is 15.1. The van der Waals surface area contributed by atoms with Gasteiger partial charge < -0.3 is 5.11 Å². The van der Waals surface area contributed by atoms with Gasteiger partial charge in [0.2, 0.25) is 0 Å². The molecule has 176 valence electrons. The van der Waals surface area contributed by atoms with E-state index in [0.29, 0.717) is 33.5 Å². The Kier molecular flexibility index (Phi) is 5.15. The molecule has 5 saturated carbocycles. The van der Waals surface area contributed by atoms with Gasteiger partial charge >= 0.3 is 0 Å². The van der Waals surface area contributed by atoms with Gasteiger partial charge in [0.25, 0.3) is 0 Å². The second-order valence-corrected chi connectivity index (χ2v) is 14.0. The summed E-state index contributed by atoms with van der Waals surface area (Å²) in [5.74, 6) is 4.63. The molecular weight excluding hydrogens is 376 g/mol. The maximum absolute atomic E-state index is 10.6. The largest absolute Gasteiger partial charge is 0.393 e. The van der Waals surface area contributed by atoms with Crippen LogP contribution in [0.3, 0.4) is 0 Å². The lowest BCUT2D eigenvalue weighted by atomic mass is 9.43. The van der Waals surface area contributed by atoms with Crippen LogP contribution in [0.15, 0.2) is 12.2 Å². The lowest BCUT2D eigenvalue weighted by Crippen LogP contribution is -2.55. The first-order chi connectivity index (χ1) is 14.5. The van der Waals surface area contributed by atoms with Gasteiger partial charge in [-0.25, -0.2) is 0 Å². The van der Waals surface area contributed by atoms with E-state index in [1.807, 2.05) is 0 Å². The molecule has 0 aromatic carbocycles. The Hall–Kier alpha value is -0.300. The lowest BCUT2D eigenvalue weighted by Gasteiger charge is -2.62. The van der Waals surface area contributed by atoms with Crippen LogP contribution in [0, 0.1) is 57.2 Å². The van der Waals surface area contributed by atoms with Gasteiger partial charge in [-0.2, -0.15) is 0 Å². The Morgan fingerprint density at radius 1 is 0.935 bits per heavy atom. The maximum Gasteiger partial charge on any atom is 0.0568 e. The van der Waals surface area contributed by atoms with Gasteiger partial charge in [-0.3, -0.25) is 0 Å². The zero-order valence-corrected chi connectivity index (χ0v) is 21.5. The molecule has 1 nitrogen and oxygen atoms in total. The van der Waals surface area contributed by atoms with Gasteiger partial charge in [-0.05, 0) is 128 Å². The van der Waals surface area contributed by atoms with Gasteiger partial charge in [0.15, 0.2) is 0 Å². The number of fused-ring (bicyclic) bond motifs is 2. The van der Waals surface area contributed by atoms with Crippen molar-refractivity contribution in [2.45, 2.75) is 118 Å². The van der Waals surface area contributed by atoms with E-state index in [0.717, 1.165) is 30.1 Å². The topological polar surface area (TPSA) is 20.2 Å². The number of aliphatic hydroxyl groups excluding tert-OH is 1. The van der Waals surface area contributed by atoms with E-state index in [1.54, 1.807) is 0 Å². The van der Waals surface area contributed by atoms with Crippen molar-refractivity contribution in [3.63, 3.8) is 0 Å². The normalized spacial score (nSPS) is 53.9. The van der Waals surface area contributed by atoms with E-state index in [-0.39, 0.29) is 6.10 Å². The fourth-order valence-electron chi connectivity index (χ4n) is 10.9. The van der Waals surface area contributed by atoms with E-state index >= 15 is 0 Å². The highest BCUT2D eigenvalue weighted by molar-refractivity contribution is 5.29. The number of hydrogen-bond acceptors (Lipinski definition) is 1. The van der Waals surface area contributed by atoms with Crippen LogP contribution in [-0.4, -0.2) is 11.2 Å². The fourth-order valence-corrected chi connectivity index (χ4v) is 10.9. The molecule has 5 aliphatic rings. The number of aliphatic hydroxyl groups is 1. The van der Waals surface area contributed by atoms with E-state index in [4.69, 9.17) is 0 Å². The van der Waals surface area contributed by atoms with Crippen LogP contribution in [0.2, 0.25) is 0 Å². The van der Waals surface area contributed by atoms with E-state index in [9.17, 15) is 5.11 Å². The molecule has 1 heteroatoms. The quantitative estimate of drug-likeness (QED) is 0.441. The SMILES string of the molecule is C=C(CC[C@@H](C)[C@H]1CC[C@@]2(C)[C@@H]3CC[C@H]4[C@H](C)[C@@H](O)CC[C@@]45C[C@@]35CC[C@]12C)C(C)C. The van der Waals surface area contributed by atoms with Crippen molar-refractivity contribution in [3.05, 3.63) is 12.2 Å². The van der Waals surface area contributed by atoms with E-state index in [1.165, 1.54) is 69.8 Å². The summed E-state index contributed by atoms with van der Waals surface area (Å²) >= 11 is 0. The molecule has 0 bridgehead atoms. The summed E-state index contributed by atoms with van der Waals surface area (Å²) in [5.41, 5.74) is 3.76. The molecule has 31 heavy (non-hydrogen) atoms. The summed E-state index contributed by atoms with van der Waals surface area (Å²) in [4.78, 5) is 0. The van der Waals surface area contributed by atoms with Crippen LogP contribution in [-0.2, 0) is 0 Å². The molecule has 0 radical (unpaired) electrons. The first-order valence-electron chi connectivity index (χ1n) is 13.9. The maximum atomic E-state index is 10.6. The number of hydrogen-bond donors (Lipinski definition) is 1. The van der Waals surface area contributed by atoms with Gasteiger partial charge in [-0.1, -0.05) is 53.7 Å². The zero-order chi connectivity index (χ0) is 22.4. The van der Waals surface area contributed by atoms with Crippen molar-refractivity contribution in [2.24, 2.45) is 57.2 Å². The molecule has 0 aromatic heterocycles. The third-order valence-corrected chi connectivity index (χ3v) is 13.1. The summed E-state index contributed by atoms with van der Waals surface area (Å²) in [7, 11) is 0. The minimum atomic E-state index is -0.0356. The molecule has 5 aliphatic carbocycles. The van der Waals surface area contributed by atoms with Crippen molar-refractivity contribution in [3.8, 4) is 0 Å². The molecule has 0 amide bonds. The van der Waals surface area contributed by atoms with Crippen molar-refractivity contribution < 1.29 is 5.11 Å². The predicted molar refractivity (Wildman–Crippen MR) is 131 cm³/mol. The van der Waals surface area contributed by atoms with Crippen molar-refractivity contribution in [1.82, 2.24) is 0 Å². The van der Waals surface area contributed by atoms with Crippen molar-refractivity contribution in [2.75, 3.05) is 0 Å². The minimum Gasteiger partial charge on any atom is -0.393 e. The number of rotatable bonds is 5. The molecule has 0 unspecified atom stereocenters. The van der Waals surface area contributed by atoms with Crippen LogP contribution in [0.4, 0.5) is 0 Å². The predicted octanol–water partition coefficient (Wildman–Crippen LogP) is 8.02. The Labute approximate surface area is 192 Å². The highest BCUT2D eigenvalue weighted by atomic mass is 16.3. The smallest absolute Gasteiger partial charge is 0.0568 e. The minimum absolute atomic E-state index is 0.0356. The Balaban J connectivity index is 1.37. The van der Waals surface area contributed by atoms with Gasteiger partial charge in [0, 0.05) is 0 Å². The first kappa shape index (κ1) is 22.5. The summed E-state index contributed by atoms with van der Waals surface area (Å²) < 4.78 is 0. The van der Waals surface area contributed by atoms with Gasteiger partial charge in [0.1, 0.15) is 0 Å². The second kappa shape index (κ2) is 7.10. The Morgan fingerprint density at radius 2 is 1.68 bits per heavy atom. The molecule has 10 atom stereocenters. The fraction of sp³-hybridized carbons (Fsp3) is 0.933. The van der Waals surface area contributed by atoms with Crippen LogP contribution < -0.4 is 0 Å². The monoisotopic (exact) mass is 426 g/mol. The molecule has 0 aliphatic heterocycles. The third-order valence-electron chi connectivity index (χ3n) is 13.1. The molecule has 5 fully saturated rings. The molecule has 0 saturated heterocycles. The molecule has 0 aromatic rings. The van der Waals surface area contributed by atoms with Crippen LogP contribution >= 0.6 is 0 Å². The molecule has 0 heterocycles. The third kappa shape index (κ3) is 2.77. The highest BCUT2D eigenvalue weighted by Gasteiger charge is 2.81. The average Bonchev–Trinajstić information content (AvgIpc) is 3.31. The Morgan fingerprint density at radius 3 is 2.39 bits per heavy atom. The average molecular weight is 427 g/mol. The number of allylic oxidation sites excluding steroid dienone is 1. The van der Waals surface area contributed by atoms with Gasteiger partial charge in [0.05, 0.1) is 6.10 Å². The molecule has 5 rings (SSSR count). The first-order valence-corrected chi connectivity index (χ1v) is 13.9. The van der Waals surface area contributed by atoms with Crippen molar-refractivity contribution >= 4 is 0 Å². The van der Waals surface area contributed by atoms with Crippen LogP contribution in [0.5, 0.6) is 0 Å². The zero-order valence-electron chi connectivity index (χ0n) is 21.5. The van der Waals surface area contributed by atoms with Crippen LogP contribution in [0.25, 0.3) is 0 Å². The van der Waals surface area contributed by atoms with Crippen molar-refractivity contribution in [1.29, 1.82) is 0 Å². The highest BCUT2D eigenvalue weighted by Crippen LogP contribution is 2.88. The van der Waals surface area contributed by atoms with E-state index in [2.05, 4.69) is 48.1 Å². The lowest BCUT2D eigenvalue weighted by molar-refractivity contribution is -0.142. The Bertz CT molecular complexity index is 739. The summed E-state index contributed by atoms with van der Waals surface area (Å²) in [6, 6.07) is 0. The molecular formula is C30H50O. The van der Waals surface area contributed by atoms with E-state index < -0.39 is 0 Å². The van der Waals surface area contributed by atoms with Gasteiger partial charge in [-0.15, -0.1) is 0 Å².